The van der Waals surface area contributed by atoms with Crippen molar-refractivity contribution in [3.05, 3.63) is 53.4 Å². The van der Waals surface area contributed by atoms with Crippen LogP contribution in [-0.4, -0.2) is 19.9 Å². The number of hydrogen-bond acceptors (Lipinski definition) is 2. The fourth-order valence-electron chi connectivity index (χ4n) is 1.96. The van der Waals surface area contributed by atoms with Gasteiger partial charge in [-0.1, -0.05) is 12.1 Å². The van der Waals surface area contributed by atoms with Crippen molar-refractivity contribution in [2.45, 2.75) is 6.92 Å². The maximum atomic E-state index is 12.1. The van der Waals surface area contributed by atoms with E-state index in [1.165, 1.54) is 4.90 Å². The summed E-state index contributed by atoms with van der Waals surface area (Å²) in [5.41, 5.74) is 3.38. The average molecular weight is 229 g/mol. The van der Waals surface area contributed by atoms with Gasteiger partial charge < -0.3 is 10.2 Å². The van der Waals surface area contributed by atoms with Gasteiger partial charge in [-0.3, -0.25) is 4.79 Å². The second kappa shape index (κ2) is 4.55. The van der Waals surface area contributed by atoms with Crippen LogP contribution in [0.4, 0.5) is 5.69 Å². The maximum absolute atomic E-state index is 12.1. The standard InChI is InChI=1S/C14H16N2O/c1-10(9-16(2)3)8-13-14(17)11-6-4-5-7-12(11)15-13/h4-9,15H,1-3H3/p+1/b10-9-,13-8-. The Morgan fingerprint density at radius 2 is 2.00 bits per heavy atom. The minimum atomic E-state index is 0.0714. The smallest absolute Gasteiger partial charge is 0.211 e. The Morgan fingerprint density at radius 3 is 2.65 bits per heavy atom. The average Bonchev–Trinajstić information content (AvgIpc) is 2.55. The highest BCUT2D eigenvalue weighted by atomic mass is 16.1. The molecule has 0 atom stereocenters. The molecule has 0 radical (unpaired) electrons. The van der Waals surface area contributed by atoms with Gasteiger partial charge in [0, 0.05) is 16.8 Å². The fraction of sp³-hybridized carbons (Fsp3) is 0.214. The van der Waals surface area contributed by atoms with Gasteiger partial charge in [-0.25, -0.2) is 0 Å². The molecule has 0 bridgehead atoms. The third kappa shape index (κ3) is 2.45. The van der Waals surface area contributed by atoms with Crippen molar-refractivity contribution in [1.82, 2.24) is 0 Å². The summed E-state index contributed by atoms with van der Waals surface area (Å²) in [6, 6.07) is 7.58. The summed E-state index contributed by atoms with van der Waals surface area (Å²) >= 11 is 0. The van der Waals surface area contributed by atoms with Crippen molar-refractivity contribution in [3.8, 4) is 0 Å². The molecule has 0 aliphatic carbocycles. The van der Waals surface area contributed by atoms with Crippen LogP contribution in [0, 0.1) is 0 Å². The molecule has 17 heavy (non-hydrogen) atoms. The highest BCUT2D eigenvalue weighted by molar-refractivity contribution is 6.18. The van der Waals surface area contributed by atoms with E-state index in [9.17, 15) is 4.79 Å². The van der Waals surface area contributed by atoms with Crippen LogP contribution in [0.25, 0.3) is 0 Å². The van der Waals surface area contributed by atoms with Crippen molar-refractivity contribution >= 4 is 11.5 Å². The van der Waals surface area contributed by atoms with Crippen LogP contribution in [0.2, 0.25) is 0 Å². The molecule has 0 amide bonds. The number of para-hydroxylation sites is 1. The Morgan fingerprint density at radius 1 is 1.29 bits per heavy atom. The predicted molar refractivity (Wildman–Crippen MR) is 69.0 cm³/mol. The van der Waals surface area contributed by atoms with E-state index in [-0.39, 0.29) is 5.78 Å². The van der Waals surface area contributed by atoms with Gasteiger partial charge in [0.15, 0.2) is 0 Å². The minimum absolute atomic E-state index is 0.0714. The molecule has 0 saturated carbocycles. The quantitative estimate of drug-likeness (QED) is 0.748. The first-order chi connectivity index (χ1) is 8.08. The zero-order valence-electron chi connectivity index (χ0n) is 10.4. The van der Waals surface area contributed by atoms with Crippen molar-refractivity contribution < 1.29 is 9.69 Å². The molecular formula is C14H17N2O+. The van der Waals surface area contributed by atoms with E-state index < -0.39 is 0 Å². The molecule has 88 valence electrons. The van der Waals surface area contributed by atoms with Crippen molar-refractivity contribution in [1.29, 1.82) is 0 Å². The molecule has 0 fully saturated rings. The lowest BCUT2D eigenvalue weighted by Gasteiger charge is -2.01. The van der Waals surface area contributed by atoms with Gasteiger partial charge in [0.25, 0.3) is 0 Å². The lowest BCUT2D eigenvalue weighted by molar-refractivity contribution is -0.801. The van der Waals surface area contributed by atoms with E-state index in [4.69, 9.17) is 0 Å². The Kier molecular flexibility index (Phi) is 3.11. The molecular weight excluding hydrogens is 212 g/mol. The number of carbonyl (C=O) groups excluding carboxylic acids is 1. The lowest BCUT2D eigenvalue weighted by atomic mass is 10.1. The number of benzene rings is 1. The number of allylic oxidation sites excluding steroid dienone is 3. The first-order valence-corrected chi connectivity index (χ1v) is 5.69. The molecule has 1 heterocycles. The summed E-state index contributed by atoms with van der Waals surface area (Å²) in [4.78, 5) is 13.3. The summed E-state index contributed by atoms with van der Waals surface area (Å²) in [5, 5.41) is 3.15. The second-order valence-electron chi connectivity index (χ2n) is 4.52. The van der Waals surface area contributed by atoms with Crippen LogP contribution in [0.5, 0.6) is 0 Å². The number of anilines is 1. The molecule has 0 aromatic heterocycles. The SMILES string of the molecule is CC(=C/[NH+](C)C)/C=C1\Nc2ccccc2C1=O. The second-order valence-corrected chi connectivity index (χ2v) is 4.52. The van der Waals surface area contributed by atoms with E-state index in [1.807, 2.05) is 51.4 Å². The molecule has 2 N–H and O–H groups in total. The van der Waals surface area contributed by atoms with Gasteiger partial charge in [0.05, 0.1) is 26.0 Å². The minimum Gasteiger partial charge on any atom is -0.352 e. The summed E-state index contributed by atoms with van der Waals surface area (Å²) in [5.74, 6) is 0.0714. The predicted octanol–water partition coefficient (Wildman–Crippen LogP) is 1.23. The topological polar surface area (TPSA) is 33.5 Å². The van der Waals surface area contributed by atoms with Gasteiger partial charge >= 0.3 is 0 Å². The summed E-state index contributed by atoms with van der Waals surface area (Å²) < 4.78 is 0. The number of carbonyl (C=O) groups is 1. The van der Waals surface area contributed by atoms with Gasteiger partial charge in [-0.2, -0.15) is 0 Å². The van der Waals surface area contributed by atoms with E-state index in [0.29, 0.717) is 5.70 Å². The summed E-state index contributed by atoms with van der Waals surface area (Å²) in [6.07, 6.45) is 3.96. The first kappa shape index (κ1) is 11.6. The van der Waals surface area contributed by atoms with E-state index >= 15 is 0 Å². The number of hydrogen-bond donors (Lipinski definition) is 2. The van der Waals surface area contributed by atoms with Crippen LogP contribution in [0.3, 0.4) is 0 Å². The third-order valence-corrected chi connectivity index (χ3v) is 2.57. The number of ketones is 1. The van der Waals surface area contributed by atoms with Gasteiger partial charge in [-0.05, 0) is 25.1 Å². The fourth-order valence-corrected chi connectivity index (χ4v) is 1.96. The Hall–Kier alpha value is -1.87. The molecule has 0 unspecified atom stereocenters. The number of quaternary nitrogens is 1. The van der Waals surface area contributed by atoms with E-state index in [0.717, 1.165) is 16.8 Å². The van der Waals surface area contributed by atoms with Crippen LogP contribution in [0.15, 0.2) is 47.8 Å². The highest BCUT2D eigenvalue weighted by Crippen LogP contribution is 2.27. The summed E-state index contributed by atoms with van der Waals surface area (Å²) in [6.45, 7) is 2.00. The van der Waals surface area contributed by atoms with Crippen LogP contribution in [-0.2, 0) is 0 Å². The molecule has 2 rings (SSSR count). The zero-order valence-corrected chi connectivity index (χ0v) is 10.4. The molecule has 1 aliphatic heterocycles. The Bertz CT molecular complexity index is 513. The van der Waals surface area contributed by atoms with E-state index in [2.05, 4.69) is 11.5 Å². The first-order valence-electron chi connectivity index (χ1n) is 5.69. The number of fused-ring (bicyclic) bond motifs is 1. The molecule has 1 aromatic carbocycles. The molecule has 0 spiro atoms. The molecule has 1 aliphatic rings. The largest absolute Gasteiger partial charge is 0.352 e. The molecule has 0 saturated heterocycles. The Balaban J connectivity index is 2.29. The number of Topliss-reactive ketones (excluding diaryl/α,β-unsaturated/α-hetero) is 1. The molecule has 3 nitrogen and oxygen atoms in total. The van der Waals surface area contributed by atoms with Gasteiger partial charge in [0.2, 0.25) is 5.78 Å². The number of rotatable bonds is 2. The van der Waals surface area contributed by atoms with Crippen LogP contribution < -0.4 is 10.2 Å². The number of nitrogens with one attached hydrogen (secondary N) is 2. The van der Waals surface area contributed by atoms with Crippen molar-refractivity contribution in [2.75, 3.05) is 19.4 Å². The van der Waals surface area contributed by atoms with E-state index in [1.54, 1.807) is 0 Å². The normalized spacial score (nSPS) is 17.5. The monoisotopic (exact) mass is 229 g/mol. The third-order valence-electron chi connectivity index (χ3n) is 2.57. The van der Waals surface area contributed by atoms with Gasteiger partial charge in [-0.15, -0.1) is 0 Å². The summed E-state index contributed by atoms with van der Waals surface area (Å²) in [7, 11) is 4.08. The van der Waals surface area contributed by atoms with Crippen molar-refractivity contribution in [3.63, 3.8) is 0 Å². The molecule has 3 heteroatoms. The van der Waals surface area contributed by atoms with Crippen molar-refractivity contribution in [2.24, 2.45) is 0 Å². The lowest BCUT2D eigenvalue weighted by Crippen LogP contribution is -3.00. The zero-order chi connectivity index (χ0) is 12.4. The Labute approximate surface area is 101 Å². The van der Waals surface area contributed by atoms with Crippen LogP contribution in [0.1, 0.15) is 17.3 Å². The van der Waals surface area contributed by atoms with Crippen LogP contribution >= 0.6 is 0 Å². The van der Waals surface area contributed by atoms with Gasteiger partial charge in [0.1, 0.15) is 0 Å². The molecule has 1 aromatic rings. The highest BCUT2D eigenvalue weighted by Gasteiger charge is 2.23. The maximum Gasteiger partial charge on any atom is 0.211 e.